The van der Waals surface area contributed by atoms with E-state index in [2.05, 4.69) is 32.9 Å². The lowest BCUT2D eigenvalue weighted by molar-refractivity contribution is -0.0207. The third kappa shape index (κ3) is 4.99. The molecule has 0 saturated heterocycles. The first kappa shape index (κ1) is 16.2. The van der Waals surface area contributed by atoms with Crippen molar-refractivity contribution in [3.63, 3.8) is 0 Å². The van der Waals surface area contributed by atoms with Crippen molar-refractivity contribution in [1.29, 1.82) is 0 Å². The van der Waals surface area contributed by atoms with Gasteiger partial charge in [-0.15, -0.1) is 0 Å². The molecule has 0 fully saturated rings. The van der Waals surface area contributed by atoms with Crippen LogP contribution in [-0.4, -0.2) is 5.11 Å². The van der Waals surface area contributed by atoms with Gasteiger partial charge in [-0.05, 0) is 17.9 Å². The van der Waals surface area contributed by atoms with Crippen LogP contribution in [0.15, 0.2) is 30.3 Å². The summed E-state index contributed by atoms with van der Waals surface area (Å²) in [6, 6.07) is 10.1. The SMILES string of the molecule is CCCCCCCCC(O)(c1ccccc1)C(C)C. The smallest absolute Gasteiger partial charge is 0.0919 e. The predicted octanol–water partition coefficient (Wildman–Crippen LogP) is 5.28. The Bertz CT molecular complexity index is 331. The van der Waals surface area contributed by atoms with E-state index in [0.29, 0.717) is 0 Å². The van der Waals surface area contributed by atoms with Gasteiger partial charge >= 0.3 is 0 Å². The Morgan fingerprint density at radius 1 is 0.947 bits per heavy atom. The van der Waals surface area contributed by atoms with Crippen molar-refractivity contribution in [2.24, 2.45) is 5.92 Å². The fourth-order valence-corrected chi connectivity index (χ4v) is 2.67. The molecule has 1 heteroatoms. The fourth-order valence-electron chi connectivity index (χ4n) is 2.67. The number of rotatable bonds is 9. The molecule has 0 aliphatic rings. The minimum Gasteiger partial charge on any atom is -0.385 e. The molecule has 1 aromatic carbocycles. The highest BCUT2D eigenvalue weighted by atomic mass is 16.3. The summed E-state index contributed by atoms with van der Waals surface area (Å²) >= 11 is 0. The third-order valence-corrected chi connectivity index (χ3v) is 4.14. The van der Waals surface area contributed by atoms with Gasteiger partial charge in [-0.3, -0.25) is 0 Å². The van der Waals surface area contributed by atoms with Gasteiger partial charge in [-0.1, -0.05) is 89.6 Å². The second kappa shape index (κ2) is 8.37. The van der Waals surface area contributed by atoms with Gasteiger partial charge in [0.15, 0.2) is 0 Å². The van der Waals surface area contributed by atoms with E-state index in [4.69, 9.17) is 0 Å². The summed E-state index contributed by atoms with van der Waals surface area (Å²) in [7, 11) is 0. The monoisotopic (exact) mass is 262 g/mol. The average Bonchev–Trinajstić information content (AvgIpc) is 2.43. The highest BCUT2D eigenvalue weighted by molar-refractivity contribution is 5.22. The molecule has 19 heavy (non-hydrogen) atoms. The van der Waals surface area contributed by atoms with Crippen LogP contribution in [0, 0.1) is 5.92 Å². The first-order valence-electron chi connectivity index (χ1n) is 7.89. The van der Waals surface area contributed by atoms with E-state index in [1.165, 1.54) is 32.1 Å². The van der Waals surface area contributed by atoms with E-state index < -0.39 is 5.60 Å². The fraction of sp³-hybridized carbons (Fsp3) is 0.667. The van der Waals surface area contributed by atoms with Crippen LogP contribution in [0.2, 0.25) is 0 Å². The van der Waals surface area contributed by atoms with E-state index in [1.54, 1.807) is 0 Å². The molecule has 1 N–H and O–H groups in total. The molecular formula is C18H30O. The molecule has 0 bridgehead atoms. The molecule has 1 rings (SSSR count). The maximum atomic E-state index is 11.0. The van der Waals surface area contributed by atoms with Crippen molar-refractivity contribution in [3.05, 3.63) is 35.9 Å². The molecule has 1 aromatic rings. The highest BCUT2D eigenvalue weighted by Crippen LogP contribution is 2.34. The number of unbranched alkanes of at least 4 members (excludes halogenated alkanes) is 5. The lowest BCUT2D eigenvalue weighted by Gasteiger charge is -2.33. The van der Waals surface area contributed by atoms with Crippen LogP contribution in [0.5, 0.6) is 0 Å². The van der Waals surface area contributed by atoms with Crippen LogP contribution in [0.1, 0.15) is 71.3 Å². The van der Waals surface area contributed by atoms with Crippen molar-refractivity contribution < 1.29 is 5.11 Å². The van der Waals surface area contributed by atoms with Crippen molar-refractivity contribution in [2.45, 2.75) is 71.3 Å². The van der Waals surface area contributed by atoms with Gasteiger partial charge in [0.1, 0.15) is 0 Å². The number of benzene rings is 1. The first-order chi connectivity index (χ1) is 9.11. The maximum Gasteiger partial charge on any atom is 0.0919 e. The molecule has 1 atom stereocenters. The Balaban J connectivity index is 2.49. The summed E-state index contributed by atoms with van der Waals surface area (Å²) in [5.41, 5.74) is 0.407. The Hall–Kier alpha value is -0.820. The molecular weight excluding hydrogens is 232 g/mol. The molecule has 0 aliphatic carbocycles. The second-order valence-electron chi connectivity index (χ2n) is 5.96. The van der Waals surface area contributed by atoms with Crippen molar-refractivity contribution in [1.82, 2.24) is 0 Å². The Kier molecular flexibility index (Phi) is 7.15. The normalized spacial score (nSPS) is 14.6. The van der Waals surface area contributed by atoms with E-state index in [1.807, 2.05) is 18.2 Å². The Morgan fingerprint density at radius 3 is 2.11 bits per heavy atom. The largest absolute Gasteiger partial charge is 0.385 e. The minimum absolute atomic E-state index is 0.255. The molecule has 0 aromatic heterocycles. The summed E-state index contributed by atoms with van der Waals surface area (Å²) in [6.45, 7) is 6.47. The van der Waals surface area contributed by atoms with Crippen LogP contribution >= 0.6 is 0 Å². The summed E-state index contributed by atoms with van der Waals surface area (Å²) in [5.74, 6) is 0.255. The third-order valence-electron chi connectivity index (χ3n) is 4.14. The molecule has 0 saturated carbocycles. The Morgan fingerprint density at radius 2 is 1.53 bits per heavy atom. The zero-order valence-corrected chi connectivity index (χ0v) is 12.9. The first-order valence-corrected chi connectivity index (χ1v) is 7.89. The molecule has 0 radical (unpaired) electrons. The van der Waals surface area contributed by atoms with Crippen LogP contribution in [0.3, 0.4) is 0 Å². The number of hydrogen-bond acceptors (Lipinski definition) is 1. The van der Waals surface area contributed by atoms with Crippen LogP contribution in [0.25, 0.3) is 0 Å². The molecule has 1 unspecified atom stereocenters. The summed E-state index contributed by atoms with van der Waals surface area (Å²) in [4.78, 5) is 0. The van der Waals surface area contributed by atoms with E-state index in [0.717, 1.165) is 18.4 Å². The van der Waals surface area contributed by atoms with Gasteiger partial charge in [-0.25, -0.2) is 0 Å². The van der Waals surface area contributed by atoms with Crippen LogP contribution in [-0.2, 0) is 5.60 Å². The summed E-state index contributed by atoms with van der Waals surface area (Å²) in [5, 5.41) is 11.0. The standard InChI is InChI=1S/C18H30O/c1-4-5-6-7-8-12-15-18(19,16(2)3)17-13-10-9-11-14-17/h9-11,13-14,16,19H,4-8,12,15H2,1-3H3. The quantitative estimate of drug-likeness (QED) is 0.600. The van der Waals surface area contributed by atoms with Gasteiger partial charge in [0.2, 0.25) is 0 Å². The Labute approximate surface area is 119 Å². The highest BCUT2D eigenvalue weighted by Gasteiger charge is 2.31. The van der Waals surface area contributed by atoms with Crippen molar-refractivity contribution in [2.75, 3.05) is 0 Å². The van der Waals surface area contributed by atoms with E-state index >= 15 is 0 Å². The molecule has 0 aliphatic heterocycles. The predicted molar refractivity (Wildman–Crippen MR) is 83.2 cm³/mol. The lowest BCUT2D eigenvalue weighted by atomic mass is 9.79. The summed E-state index contributed by atoms with van der Waals surface area (Å²) in [6.07, 6.45) is 8.50. The molecule has 108 valence electrons. The maximum absolute atomic E-state index is 11.0. The zero-order chi connectivity index (χ0) is 14.1. The molecule has 0 spiro atoms. The van der Waals surface area contributed by atoms with Gasteiger partial charge < -0.3 is 5.11 Å². The van der Waals surface area contributed by atoms with E-state index in [-0.39, 0.29) is 5.92 Å². The van der Waals surface area contributed by atoms with Crippen LogP contribution in [0.4, 0.5) is 0 Å². The zero-order valence-electron chi connectivity index (χ0n) is 12.9. The minimum atomic E-state index is -0.661. The second-order valence-corrected chi connectivity index (χ2v) is 5.96. The number of hydrogen-bond donors (Lipinski definition) is 1. The van der Waals surface area contributed by atoms with Gasteiger partial charge in [0.25, 0.3) is 0 Å². The van der Waals surface area contributed by atoms with Gasteiger partial charge in [-0.2, -0.15) is 0 Å². The van der Waals surface area contributed by atoms with E-state index in [9.17, 15) is 5.11 Å². The summed E-state index contributed by atoms with van der Waals surface area (Å²) < 4.78 is 0. The number of aliphatic hydroxyl groups is 1. The van der Waals surface area contributed by atoms with Gasteiger partial charge in [0.05, 0.1) is 5.60 Å². The van der Waals surface area contributed by atoms with Crippen molar-refractivity contribution in [3.8, 4) is 0 Å². The molecule has 1 nitrogen and oxygen atoms in total. The van der Waals surface area contributed by atoms with Crippen molar-refractivity contribution >= 4 is 0 Å². The molecule has 0 amide bonds. The van der Waals surface area contributed by atoms with Crippen LogP contribution < -0.4 is 0 Å². The molecule has 0 heterocycles. The topological polar surface area (TPSA) is 20.2 Å². The average molecular weight is 262 g/mol. The van der Waals surface area contributed by atoms with Gasteiger partial charge in [0, 0.05) is 0 Å². The lowest BCUT2D eigenvalue weighted by Crippen LogP contribution is -2.31.